The molecule has 0 aromatic heterocycles. The first kappa shape index (κ1) is 15.7. The van der Waals surface area contributed by atoms with Crippen LogP contribution in [0, 0.1) is 17.8 Å². The van der Waals surface area contributed by atoms with Crippen molar-refractivity contribution in [3.63, 3.8) is 0 Å². The number of benzene rings is 1. The molecule has 3 aliphatic rings. The first-order valence-corrected chi connectivity index (χ1v) is 9.29. The number of nitrogens with zero attached hydrogens (tertiary/aromatic N) is 2. The van der Waals surface area contributed by atoms with Gasteiger partial charge >= 0.3 is 0 Å². The third-order valence-electron chi connectivity index (χ3n) is 5.94. The van der Waals surface area contributed by atoms with Crippen LogP contribution in [0.2, 0.25) is 0 Å². The van der Waals surface area contributed by atoms with Gasteiger partial charge in [-0.2, -0.15) is 0 Å². The summed E-state index contributed by atoms with van der Waals surface area (Å²) in [5, 5.41) is 3.12. The number of piperazine rings is 1. The summed E-state index contributed by atoms with van der Waals surface area (Å²) in [5.74, 6) is 1.46. The van der Waals surface area contributed by atoms with Gasteiger partial charge in [0.05, 0.1) is 0 Å². The highest BCUT2D eigenvalue weighted by Gasteiger charge is 2.39. The van der Waals surface area contributed by atoms with Gasteiger partial charge in [0.15, 0.2) is 0 Å². The number of amides is 1. The lowest BCUT2D eigenvalue weighted by Gasteiger charge is -2.35. The maximum atomic E-state index is 12.5. The van der Waals surface area contributed by atoms with Crippen molar-refractivity contribution in [1.29, 1.82) is 0 Å². The summed E-state index contributed by atoms with van der Waals surface area (Å²) in [4.78, 5) is 17.4. The number of nitrogens with one attached hydrogen (secondary N) is 1. The minimum absolute atomic E-state index is 0.168. The number of hydrogen-bond acceptors (Lipinski definition) is 3. The van der Waals surface area contributed by atoms with Gasteiger partial charge in [-0.1, -0.05) is 19.1 Å². The Balaban J connectivity index is 1.34. The van der Waals surface area contributed by atoms with E-state index in [9.17, 15) is 4.79 Å². The Hall–Kier alpha value is -1.81. The number of carbonyl (C=O) groups excluding carboxylic acids is 1. The Morgan fingerprint density at radius 2 is 1.83 bits per heavy atom. The highest BCUT2D eigenvalue weighted by molar-refractivity contribution is 5.93. The zero-order valence-electron chi connectivity index (χ0n) is 14.4. The van der Waals surface area contributed by atoms with E-state index in [2.05, 4.69) is 46.3 Å². The van der Waals surface area contributed by atoms with Crippen LogP contribution in [0.25, 0.3) is 0 Å². The Morgan fingerprint density at radius 3 is 2.42 bits per heavy atom. The summed E-state index contributed by atoms with van der Waals surface area (Å²) in [7, 11) is 0. The predicted molar refractivity (Wildman–Crippen MR) is 98.2 cm³/mol. The Bertz CT molecular complexity index is 616. The Kier molecular flexibility index (Phi) is 4.31. The number of fused-ring (bicyclic) bond motifs is 2. The number of carbonyl (C=O) groups is 1. The smallest absolute Gasteiger partial charge is 0.228 e. The van der Waals surface area contributed by atoms with Gasteiger partial charge in [-0.15, -0.1) is 0 Å². The van der Waals surface area contributed by atoms with Gasteiger partial charge in [0.2, 0.25) is 5.91 Å². The predicted octanol–water partition coefficient (Wildman–Crippen LogP) is 2.98. The van der Waals surface area contributed by atoms with E-state index in [0.29, 0.717) is 11.8 Å². The van der Waals surface area contributed by atoms with Gasteiger partial charge in [0.1, 0.15) is 0 Å². The van der Waals surface area contributed by atoms with Gasteiger partial charge in [-0.3, -0.25) is 4.79 Å². The van der Waals surface area contributed by atoms with E-state index >= 15 is 0 Å². The van der Waals surface area contributed by atoms with Gasteiger partial charge < -0.3 is 15.1 Å². The van der Waals surface area contributed by atoms with Crippen molar-refractivity contribution in [2.75, 3.05) is 42.9 Å². The van der Waals surface area contributed by atoms with Gasteiger partial charge in [-0.05, 0) is 55.5 Å². The molecule has 1 amide bonds. The van der Waals surface area contributed by atoms with E-state index in [-0.39, 0.29) is 11.8 Å². The largest absolute Gasteiger partial charge is 0.369 e. The summed E-state index contributed by atoms with van der Waals surface area (Å²) in [5.41, 5.74) is 2.18. The molecule has 1 saturated carbocycles. The van der Waals surface area contributed by atoms with Crippen LogP contribution >= 0.6 is 0 Å². The van der Waals surface area contributed by atoms with Gasteiger partial charge in [-0.25, -0.2) is 0 Å². The molecular formula is C20H27N3O. The fraction of sp³-hybridized carbons (Fsp3) is 0.550. The molecule has 1 aromatic carbocycles. The lowest BCUT2D eigenvalue weighted by molar-refractivity contribution is -0.120. The molecule has 0 unspecified atom stereocenters. The van der Waals surface area contributed by atoms with Crippen LogP contribution in [-0.4, -0.2) is 43.5 Å². The summed E-state index contributed by atoms with van der Waals surface area (Å²) in [6.45, 7) is 7.78. The zero-order chi connectivity index (χ0) is 16.5. The van der Waals surface area contributed by atoms with E-state index in [1.54, 1.807) is 0 Å². The lowest BCUT2D eigenvalue weighted by atomic mass is 9.93. The molecule has 24 heavy (non-hydrogen) atoms. The fourth-order valence-corrected chi connectivity index (χ4v) is 4.40. The molecule has 1 aliphatic heterocycles. The standard InChI is InChI=1S/C20H27N3O/c1-2-22-9-11-23(12-10-22)18-7-5-17(6-8-18)21-20(24)19-14-15-3-4-16(19)13-15/h3-8,15-16,19H,2,9-14H2,1H3,(H,21,24)/t15-,16-,19-/m0/s1. The van der Waals surface area contributed by atoms with Crippen LogP contribution in [0.4, 0.5) is 11.4 Å². The quantitative estimate of drug-likeness (QED) is 0.865. The van der Waals surface area contributed by atoms with Crippen molar-refractivity contribution >= 4 is 17.3 Å². The summed E-state index contributed by atoms with van der Waals surface area (Å²) >= 11 is 0. The summed E-state index contributed by atoms with van der Waals surface area (Å²) < 4.78 is 0. The second kappa shape index (κ2) is 6.60. The maximum absolute atomic E-state index is 12.5. The molecule has 128 valence electrons. The molecule has 4 heteroatoms. The first-order valence-electron chi connectivity index (χ1n) is 9.29. The molecule has 2 bridgehead atoms. The van der Waals surface area contributed by atoms with Gasteiger partial charge in [0, 0.05) is 43.5 Å². The molecule has 2 aliphatic carbocycles. The lowest BCUT2D eigenvalue weighted by Crippen LogP contribution is -2.46. The van der Waals surface area contributed by atoms with Crippen molar-refractivity contribution in [3.05, 3.63) is 36.4 Å². The van der Waals surface area contributed by atoms with Gasteiger partial charge in [0.25, 0.3) is 0 Å². The SMILES string of the molecule is CCN1CCN(c2ccc(NC(=O)[C@H]3C[C@H]4C=C[C@H]3C4)cc2)CC1. The van der Waals surface area contributed by atoms with E-state index in [1.165, 1.54) is 12.1 Å². The highest BCUT2D eigenvalue weighted by Crippen LogP contribution is 2.43. The third-order valence-corrected chi connectivity index (χ3v) is 5.94. The number of allylic oxidation sites excluding steroid dienone is 2. The number of hydrogen-bond donors (Lipinski definition) is 1. The van der Waals surface area contributed by atoms with Crippen LogP contribution in [0.15, 0.2) is 36.4 Å². The minimum Gasteiger partial charge on any atom is -0.369 e. The molecule has 3 atom stereocenters. The second-order valence-corrected chi connectivity index (χ2v) is 7.34. The average Bonchev–Trinajstić information content (AvgIpc) is 3.26. The molecule has 1 saturated heterocycles. The van der Waals surface area contributed by atoms with Crippen molar-refractivity contribution in [3.8, 4) is 0 Å². The molecule has 1 heterocycles. The van der Waals surface area contributed by atoms with Crippen LogP contribution < -0.4 is 10.2 Å². The van der Waals surface area contributed by atoms with E-state index in [0.717, 1.165) is 44.8 Å². The van der Waals surface area contributed by atoms with E-state index in [1.807, 2.05) is 12.1 Å². The molecule has 1 N–H and O–H groups in total. The van der Waals surface area contributed by atoms with Crippen molar-refractivity contribution < 1.29 is 4.79 Å². The number of likely N-dealkylation sites (N-methyl/N-ethyl adjacent to an activating group) is 1. The summed E-state index contributed by atoms with van der Waals surface area (Å²) in [6, 6.07) is 8.36. The monoisotopic (exact) mass is 325 g/mol. The summed E-state index contributed by atoms with van der Waals surface area (Å²) in [6.07, 6.45) is 6.70. The highest BCUT2D eigenvalue weighted by atomic mass is 16.1. The molecule has 4 nitrogen and oxygen atoms in total. The molecule has 4 rings (SSSR count). The molecule has 0 radical (unpaired) electrons. The van der Waals surface area contributed by atoms with E-state index < -0.39 is 0 Å². The molecule has 1 aromatic rings. The van der Waals surface area contributed by atoms with Crippen LogP contribution in [0.5, 0.6) is 0 Å². The van der Waals surface area contributed by atoms with Crippen molar-refractivity contribution in [2.45, 2.75) is 19.8 Å². The van der Waals surface area contributed by atoms with Crippen molar-refractivity contribution in [2.24, 2.45) is 17.8 Å². The molecular weight excluding hydrogens is 298 g/mol. The number of anilines is 2. The topological polar surface area (TPSA) is 35.6 Å². The fourth-order valence-electron chi connectivity index (χ4n) is 4.40. The van der Waals surface area contributed by atoms with Crippen LogP contribution in [-0.2, 0) is 4.79 Å². The number of rotatable bonds is 4. The third kappa shape index (κ3) is 3.07. The van der Waals surface area contributed by atoms with E-state index in [4.69, 9.17) is 0 Å². The van der Waals surface area contributed by atoms with Crippen molar-refractivity contribution in [1.82, 2.24) is 4.90 Å². The molecule has 0 spiro atoms. The zero-order valence-corrected chi connectivity index (χ0v) is 14.4. The minimum atomic E-state index is 0.168. The Morgan fingerprint density at radius 1 is 1.08 bits per heavy atom. The molecule has 2 fully saturated rings. The first-order chi connectivity index (χ1) is 11.7. The van der Waals surface area contributed by atoms with Crippen LogP contribution in [0.3, 0.4) is 0 Å². The maximum Gasteiger partial charge on any atom is 0.228 e. The average molecular weight is 325 g/mol. The van der Waals surface area contributed by atoms with Crippen LogP contribution in [0.1, 0.15) is 19.8 Å². The Labute approximate surface area is 144 Å². The second-order valence-electron chi connectivity index (χ2n) is 7.34. The normalized spacial score (nSPS) is 29.2.